The summed E-state index contributed by atoms with van der Waals surface area (Å²) in [6, 6.07) is 14.5. The normalized spacial score (nSPS) is 13.3. The first-order valence-electron chi connectivity index (χ1n) is 5.97. The number of benzene rings is 2. The summed E-state index contributed by atoms with van der Waals surface area (Å²) in [6.07, 6.45) is 2.23. The van der Waals surface area contributed by atoms with Crippen molar-refractivity contribution in [1.29, 1.82) is 0 Å². The minimum Gasteiger partial charge on any atom is -0.493 e. The Kier molecular flexibility index (Phi) is 3.78. The highest BCUT2D eigenvalue weighted by Gasteiger charge is 2.05. The van der Waals surface area contributed by atoms with Gasteiger partial charge in [0, 0.05) is 5.57 Å². The monoisotopic (exact) mass is 240 g/mol. The first kappa shape index (κ1) is 12.4. The lowest BCUT2D eigenvalue weighted by Gasteiger charge is -2.12. The van der Waals surface area contributed by atoms with E-state index in [1.807, 2.05) is 19.1 Å². The summed E-state index contributed by atoms with van der Waals surface area (Å²) in [5.41, 5.74) is 1.69. The second-order valence-corrected chi connectivity index (χ2v) is 4.36. The second-order valence-electron chi connectivity index (χ2n) is 4.36. The quantitative estimate of drug-likeness (QED) is 0.458. The molecular weight excluding hydrogens is 224 g/mol. The van der Waals surface area contributed by atoms with Crippen molar-refractivity contribution in [3.8, 4) is 0 Å². The summed E-state index contributed by atoms with van der Waals surface area (Å²) in [5, 5.41) is 2.41. The Labute approximate surface area is 107 Å². The lowest BCUT2D eigenvalue weighted by atomic mass is 10.0. The molecule has 0 spiro atoms. The van der Waals surface area contributed by atoms with Gasteiger partial charge in [-0.3, -0.25) is 4.79 Å². The van der Waals surface area contributed by atoms with Gasteiger partial charge < -0.3 is 4.74 Å². The highest BCUT2D eigenvalue weighted by molar-refractivity contribution is 5.83. The minimum atomic E-state index is -0.0653. The molecule has 2 aromatic carbocycles. The molecule has 0 unspecified atom stereocenters. The zero-order valence-corrected chi connectivity index (χ0v) is 10.6. The van der Waals surface area contributed by atoms with Crippen molar-refractivity contribution in [2.24, 2.45) is 0 Å². The molecule has 0 N–H and O–H groups in total. The molecule has 0 amide bonds. The molecule has 0 aliphatic heterocycles. The zero-order valence-electron chi connectivity index (χ0n) is 10.6. The Hall–Kier alpha value is -2.09. The van der Waals surface area contributed by atoms with Crippen molar-refractivity contribution in [3.05, 3.63) is 59.9 Å². The molecule has 0 saturated heterocycles. The number of hydrogen-bond donors (Lipinski definition) is 0. The number of allylic oxidation sites excluding steroid dienone is 1. The van der Waals surface area contributed by atoms with Crippen LogP contribution < -0.4 is 0 Å². The van der Waals surface area contributed by atoms with Crippen molar-refractivity contribution in [3.63, 3.8) is 0 Å². The fourth-order valence-electron chi connectivity index (χ4n) is 1.78. The van der Waals surface area contributed by atoms with Gasteiger partial charge in [-0.2, -0.15) is 0 Å². The second kappa shape index (κ2) is 5.50. The lowest BCUT2D eigenvalue weighted by Crippen LogP contribution is -1.96. The number of carbonyl (C=O) groups excluding carboxylic acids is 1. The predicted octanol–water partition coefficient (Wildman–Crippen LogP) is 4.02. The van der Waals surface area contributed by atoms with Gasteiger partial charge in [0.25, 0.3) is 0 Å². The summed E-state index contributed by atoms with van der Waals surface area (Å²) in [6.45, 7) is 3.69. The molecule has 0 fully saturated rings. The first-order valence-corrected chi connectivity index (χ1v) is 5.97. The predicted molar refractivity (Wildman–Crippen MR) is 73.3 cm³/mol. The topological polar surface area (TPSA) is 26.3 Å². The van der Waals surface area contributed by atoms with Crippen LogP contribution in [-0.4, -0.2) is 6.29 Å². The fourth-order valence-corrected chi connectivity index (χ4v) is 1.78. The maximum atomic E-state index is 10.5. The van der Waals surface area contributed by atoms with Gasteiger partial charge in [-0.05, 0) is 36.2 Å². The van der Waals surface area contributed by atoms with Gasteiger partial charge in [0.15, 0.2) is 0 Å². The smallest absolute Gasteiger partial charge is 0.148 e. The Morgan fingerprint density at radius 1 is 1.17 bits per heavy atom. The number of carbonyl (C=O) groups is 1. The van der Waals surface area contributed by atoms with Crippen LogP contribution in [0.2, 0.25) is 0 Å². The van der Waals surface area contributed by atoms with Crippen LogP contribution in [0.1, 0.15) is 25.5 Å². The van der Waals surface area contributed by atoms with E-state index in [0.717, 1.165) is 11.8 Å². The van der Waals surface area contributed by atoms with Crippen LogP contribution >= 0.6 is 0 Å². The molecule has 2 heteroatoms. The van der Waals surface area contributed by atoms with E-state index in [2.05, 4.69) is 30.3 Å². The number of fused-ring (bicyclic) bond motifs is 1. The van der Waals surface area contributed by atoms with E-state index < -0.39 is 0 Å². The van der Waals surface area contributed by atoms with Gasteiger partial charge in [-0.15, -0.1) is 0 Å². The lowest BCUT2D eigenvalue weighted by molar-refractivity contribution is -0.105. The zero-order chi connectivity index (χ0) is 13.0. The summed E-state index contributed by atoms with van der Waals surface area (Å²) in [7, 11) is 0. The van der Waals surface area contributed by atoms with Gasteiger partial charge >= 0.3 is 0 Å². The molecule has 0 aliphatic rings. The van der Waals surface area contributed by atoms with Crippen molar-refractivity contribution >= 4 is 17.1 Å². The molecule has 92 valence electrons. The third-order valence-corrected chi connectivity index (χ3v) is 2.89. The molecule has 18 heavy (non-hydrogen) atoms. The molecule has 0 aromatic heterocycles. The summed E-state index contributed by atoms with van der Waals surface area (Å²) < 4.78 is 5.54. The van der Waals surface area contributed by atoms with Crippen LogP contribution in [0.15, 0.2) is 54.3 Å². The summed E-state index contributed by atoms with van der Waals surface area (Å²) >= 11 is 0. The number of hydrogen-bond acceptors (Lipinski definition) is 2. The molecule has 2 aromatic rings. The maximum Gasteiger partial charge on any atom is 0.148 e. The van der Waals surface area contributed by atoms with Crippen LogP contribution in [0, 0.1) is 0 Å². The molecule has 2 nitrogen and oxygen atoms in total. The Bertz CT molecular complexity index is 584. The number of rotatable bonds is 4. The van der Waals surface area contributed by atoms with Crippen LogP contribution in [-0.2, 0) is 9.53 Å². The van der Waals surface area contributed by atoms with Crippen LogP contribution in [0.25, 0.3) is 10.8 Å². The number of aldehydes is 1. The summed E-state index contributed by atoms with van der Waals surface area (Å²) in [5.74, 6) is 0. The van der Waals surface area contributed by atoms with Crippen molar-refractivity contribution in [2.75, 3.05) is 0 Å². The third kappa shape index (κ3) is 2.77. The van der Waals surface area contributed by atoms with E-state index in [-0.39, 0.29) is 6.10 Å². The molecule has 1 atom stereocenters. The van der Waals surface area contributed by atoms with Crippen LogP contribution in [0.5, 0.6) is 0 Å². The van der Waals surface area contributed by atoms with Gasteiger partial charge in [-0.25, -0.2) is 0 Å². The van der Waals surface area contributed by atoms with Crippen molar-refractivity contribution in [1.82, 2.24) is 0 Å². The molecule has 0 saturated carbocycles. The maximum absolute atomic E-state index is 10.5. The average Bonchev–Trinajstić information content (AvgIpc) is 2.43. The van der Waals surface area contributed by atoms with Gasteiger partial charge in [0.1, 0.15) is 12.4 Å². The Morgan fingerprint density at radius 2 is 1.89 bits per heavy atom. The van der Waals surface area contributed by atoms with Gasteiger partial charge in [0.05, 0.1) is 6.26 Å². The van der Waals surface area contributed by atoms with E-state index in [4.69, 9.17) is 4.74 Å². The van der Waals surface area contributed by atoms with E-state index in [9.17, 15) is 4.79 Å². The SMILES string of the molecule is C/C(C=O)=C\O[C@H](C)c1ccc2ccccc2c1. The molecule has 0 radical (unpaired) electrons. The average molecular weight is 240 g/mol. The minimum absolute atomic E-state index is 0.0653. The molecule has 0 bridgehead atoms. The van der Waals surface area contributed by atoms with Crippen LogP contribution in [0.3, 0.4) is 0 Å². The van der Waals surface area contributed by atoms with Gasteiger partial charge in [-0.1, -0.05) is 36.4 Å². The Balaban J connectivity index is 2.22. The van der Waals surface area contributed by atoms with E-state index in [1.54, 1.807) is 6.92 Å². The van der Waals surface area contributed by atoms with E-state index in [1.165, 1.54) is 17.0 Å². The third-order valence-electron chi connectivity index (χ3n) is 2.89. The summed E-state index contributed by atoms with van der Waals surface area (Å²) in [4.78, 5) is 10.5. The fraction of sp³-hybridized carbons (Fsp3) is 0.188. The standard InChI is InChI=1S/C16H16O2/c1-12(10-17)11-18-13(2)15-8-7-14-5-3-4-6-16(14)9-15/h3-11,13H,1-2H3/b12-11+/t13-/m1/s1. The molecule has 0 heterocycles. The molecular formula is C16H16O2. The first-order chi connectivity index (χ1) is 8.70. The number of ether oxygens (including phenoxy) is 1. The molecule has 2 rings (SSSR count). The van der Waals surface area contributed by atoms with Crippen molar-refractivity contribution < 1.29 is 9.53 Å². The highest BCUT2D eigenvalue weighted by Crippen LogP contribution is 2.22. The highest BCUT2D eigenvalue weighted by atomic mass is 16.5. The van der Waals surface area contributed by atoms with Crippen molar-refractivity contribution in [2.45, 2.75) is 20.0 Å². The van der Waals surface area contributed by atoms with Crippen LogP contribution in [0.4, 0.5) is 0 Å². The van der Waals surface area contributed by atoms with E-state index >= 15 is 0 Å². The molecule has 0 aliphatic carbocycles. The van der Waals surface area contributed by atoms with E-state index in [0.29, 0.717) is 5.57 Å². The Morgan fingerprint density at radius 3 is 2.61 bits per heavy atom. The van der Waals surface area contributed by atoms with Gasteiger partial charge in [0.2, 0.25) is 0 Å². The largest absolute Gasteiger partial charge is 0.493 e.